The van der Waals surface area contributed by atoms with Crippen molar-refractivity contribution in [2.75, 3.05) is 26.4 Å². The van der Waals surface area contributed by atoms with Crippen molar-refractivity contribution in [1.82, 2.24) is 0 Å². The molecule has 6 rings (SSSR count). The molecule has 0 aromatic heterocycles. The molecule has 1 aliphatic heterocycles. The van der Waals surface area contributed by atoms with Gasteiger partial charge in [-0.2, -0.15) is 0 Å². The second-order valence-electron chi connectivity index (χ2n) is 19.6. The molecule has 0 N–H and O–H groups in total. The molecule has 0 unspecified atom stereocenters. The maximum absolute atomic E-state index is 14.1. The van der Waals surface area contributed by atoms with Crippen molar-refractivity contribution in [2.24, 2.45) is 47.3 Å². The van der Waals surface area contributed by atoms with Crippen LogP contribution in [0.5, 0.6) is 11.5 Å². The molecular weight excluding hydrogens is 909 g/mol. The van der Waals surface area contributed by atoms with Crippen LogP contribution in [-0.4, -0.2) is 62.2 Å². The highest BCUT2D eigenvalue weighted by atomic mass is 32.2. The number of hydrogen-bond donors (Lipinski definition) is 0. The van der Waals surface area contributed by atoms with Gasteiger partial charge in [0, 0.05) is 17.7 Å². The summed E-state index contributed by atoms with van der Waals surface area (Å²) >= 11 is 2.39. The number of thioether (sulfide) groups is 2. The van der Waals surface area contributed by atoms with Gasteiger partial charge in [0.05, 0.1) is 50.3 Å². The fourth-order valence-electron chi connectivity index (χ4n) is 10.5. The fourth-order valence-corrected chi connectivity index (χ4v) is 13.0. The van der Waals surface area contributed by atoms with Crippen molar-refractivity contribution < 1.29 is 57.2 Å². The van der Waals surface area contributed by atoms with Gasteiger partial charge < -0.3 is 28.4 Å². The van der Waals surface area contributed by atoms with Crippen molar-refractivity contribution in [3.05, 3.63) is 58.3 Å². The number of carbonyl (C=O) groups is 6. The number of esters is 6. The lowest BCUT2D eigenvalue weighted by molar-refractivity contribution is -0.154. The van der Waals surface area contributed by atoms with E-state index in [1.807, 2.05) is 26.8 Å². The number of carbonyl (C=O) groups excluding carboxylic acids is 6. The van der Waals surface area contributed by atoms with Crippen LogP contribution in [0.2, 0.25) is 0 Å². The number of fused-ring (bicyclic) bond motifs is 1. The summed E-state index contributed by atoms with van der Waals surface area (Å²) in [7, 11) is 0. The zero-order chi connectivity index (χ0) is 49.0. The molecule has 68 heavy (non-hydrogen) atoms. The van der Waals surface area contributed by atoms with Gasteiger partial charge in [-0.15, -0.1) is 0 Å². The second kappa shape index (κ2) is 24.5. The van der Waals surface area contributed by atoms with Crippen LogP contribution in [-0.2, 0) is 53.1 Å². The molecule has 4 saturated carbocycles. The van der Waals surface area contributed by atoms with Crippen LogP contribution < -0.4 is 9.47 Å². The Morgan fingerprint density at radius 1 is 0.618 bits per heavy atom. The van der Waals surface area contributed by atoms with Crippen LogP contribution in [0.4, 0.5) is 0 Å². The minimum Gasteiger partial charge on any atom is -0.462 e. The van der Waals surface area contributed by atoms with Crippen molar-refractivity contribution in [1.29, 1.82) is 5.26 Å². The van der Waals surface area contributed by atoms with Gasteiger partial charge in [0.2, 0.25) is 0 Å². The van der Waals surface area contributed by atoms with Crippen LogP contribution in [0.1, 0.15) is 129 Å². The van der Waals surface area contributed by atoms with Crippen LogP contribution in [0.3, 0.4) is 0 Å². The van der Waals surface area contributed by atoms with E-state index >= 15 is 0 Å². The number of nitrogens with zero attached hydrogens (tertiary/aromatic N) is 2. The molecule has 1 heterocycles. The van der Waals surface area contributed by atoms with E-state index in [1.54, 1.807) is 6.07 Å². The quantitative estimate of drug-likeness (QED) is 0.0289. The SMILES string of the molecule is [C-]#[N+]/C(C#N)=C1/Sc2c(OC(=O)C3CCC(C4CCC(C(=O)OCCOC(=O)C=C)CC4)CC3)cc(C(C)(C)C)c(OC(=O)C3CCC(C4CCC(C(=O)OCCOC(=O)C=C)CC4)CC3)c2S1. The standard InChI is InChI=1S/C52H64N2O12S2/c1-7-42(55)61-25-27-63-47(57)35-17-9-31(10-18-35)33-13-21-37(22-14-33)49(59)65-41-29-39(52(3,4)5)44(46-45(41)67-51(68-46)40(30-53)54-6)66-50(60)38-23-15-34(16-24-38)32-11-19-36(20-12-32)48(58)64-28-26-62-43(56)8-2/h7-8,29,31-38H,1-2,9-28H2,3-5H3/b51-40-. The first-order valence-corrected chi connectivity index (χ1v) is 25.7. The van der Waals surface area contributed by atoms with Gasteiger partial charge in [0.25, 0.3) is 5.70 Å². The zero-order valence-corrected chi connectivity index (χ0v) is 41.2. The summed E-state index contributed by atoms with van der Waals surface area (Å²) < 4.78 is 33.6. The summed E-state index contributed by atoms with van der Waals surface area (Å²) in [5, 5.41) is 9.86. The van der Waals surface area contributed by atoms with Gasteiger partial charge in [-0.3, -0.25) is 19.2 Å². The Morgan fingerprint density at radius 3 is 1.35 bits per heavy atom. The van der Waals surface area contributed by atoms with Gasteiger partial charge >= 0.3 is 35.8 Å². The van der Waals surface area contributed by atoms with E-state index in [1.165, 1.54) is 23.5 Å². The van der Waals surface area contributed by atoms with Gasteiger partial charge in [0.15, 0.2) is 0 Å². The van der Waals surface area contributed by atoms with Crippen molar-refractivity contribution in [3.63, 3.8) is 0 Å². The zero-order valence-electron chi connectivity index (χ0n) is 39.5. The summed E-state index contributed by atoms with van der Waals surface area (Å²) in [5.74, 6) is -0.738. The van der Waals surface area contributed by atoms with Gasteiger partial charge in [-0.1, -0.05) is 57.5 Å². The van der Waals surface area contributed by atoms with Crippen molar-refractivity contribution in [3.8, 4) is 17.6 Å². The first-order chi connectivity index (χ1) is 32.6. The van der Waals surface area contributed by atoms with E-state index < -0.39 is 17.4 Å². The van der Waals surface area contributed by atoms with E-state index in [2.05, 4.69) is 18.0 Å². The summed E-state index contributed by atoms with van der Waals surface area (Å²) in [5.41, 5.74) is 0.0511. The maximum atomic E-state index is 14.1. The van der Waals surface area contributed by atoms with Crippen molar-refractivity contribution >= 4 is 59.3 Å². The minimum absolute atomic E-state index is 0.00272. The molecule has 1 aromatic carbocycles. The predicted octanol–water partition coefficient (Wildman–Crippen LogP) is 10.4. The molecule has 0 radical (unpaired) electrons. The number of benzene rings is 1. The summed E-state index contributed by atoms with van der Waals surface area (Å²) in [4.78, 5) is 80.4. The second-order valence-corrected chi connectivity index (χ2v) is 21.9. The molecule has 0 bridgehead atoms. The molecule has 0 saturated heterocycles. The van der Waals surface area contributed by atoms with E-state index in [-0.39, 0.29) is 79.7 Å². The molecule has 16 heteroatoms. The molecule has 5 aliphatic rings. The third kappa shape index (κ3) is 13.6. The normalized spacial score (nSPS) is 26.5. The Kier molecular flexibility index (Phi) is 18.8. The predicted molar refractivity (Wildman–Crippen MR) is 253 cm³/mol. The van der Waals surface area contributed by atoms with Crippen LogP contribution in [0.15, 0.2) is 51.1 Å². The lowest BCUT2D eigenvalue weighted by Gasteiger charge is -2.37. The number of hydrogen-bond acceptors (Lipinski definition) is 15. The first kappa shape index (κ1) is 52.3. The van der Waals surface area contributed by atoms with E-state index in [9.17, 15) is 34.0 Å². The summed E-state index contributed by atoms with van der Waals surface area (Å²) in [6, 6.07) is 3.79. The highest BCUT2D eigenvalue weighted by Gasteiger charge is 2.40. The number of rotatable bonds is 16. The largest absolute Gasteiger partial charge is 0.462 e. The molecule has 0 amide bonds. The maximum Gasteiger partial charge on any atom is 0.330 e. The lowest BCUT2D eigenvalue weighted by Crippen LogP contribution is -2.32. The van der Waals surface area contributed by atoms with E-state index in [4.69, 9.17) is 35.0 Å². The Balaban J connectivity index is 1.04. The fraction of sp³-hybridized carbons (Fsp3) is 0.615. The molecule has 0 atom stereocenters. The van der Waals surface area contributed by atoms with Crippen molar-refractivity contribution in [2.45, 2.75) is 139 Å². The van der Waals surface area contributed by atoms with E-state index in [0.29, 0.717) is 80.4 Å². The highest BCUT2D eigenvalue weighted by molar-refractivity contribution is 8.24. The average Bonchev–Trinajstić information content (AvgIpc) is 3.80. The monoisotopic (exact) mass is 972 g/mol. The first-order valence-electron chi connectivity index (χ1n) is 24.1. The molecule has 0 spiro atoms. The summed E-state index contributed by atoms with van der Waals surface area (Å²) in [6.45, 7) is 20.4. The van der Waals surface area contributed by atoms with Gasteiger partial charge in [-0.25, -0.2) is 19.7 Å². The number of ether oxygens (including phenoxy) is 6. The summed E-state index contributed by atoms with van der Waals surface area (Å²) in [6.07, 6.45) is 15.0. The molecule has 366 valence electrons. The Labute approximate surface area is 408 Å². The Bertz CT molecular complexity index is 2170. The molecular formula is C52H64N2O12S2. The number of nitriles is 1. The molecule has 14 nitrogen and oxygen atoms in total. The van der Waals surface area contributed by atoms with E-state index in [0.717, 1.165) is 89.2 Å². The molecule has 4 aliphatic carbocycles. The van der Waals surface area contributed by atoms with Crippen LogP contribution in [0.25, 0.3) is 4.85 Å². The third-order valence-corrected chi connectivity index (χ3v) is 17.0. The Morgan fingerprint density at radius 2 is 0.985 bits per heavy atom. The molecule has 4 fully saturated rings. The number of allylic oxidation sites excluding steroid dienone is 1. The smallest absolute Gasteiger partial charge is 0.330 e. The van der Waals surface area contributed by atoms with Crippen LogP contribution in [0, 0.1) is 65.2 Å². The average molecular weight is 973 g/mol. The van der Waals surface area contributed by atoms with Crippen LogP contribution >= 0.6 is 23.5 Å². The Hall–Kier alpha value is -5.06. The third-order valence-electron chi connectivity index (χ3n) is 14.4. The van der Waals surface area contributed by atoms with Gasteiger partial charge in [0.1, 0.15) is 37.9 Å². The highest BCUT2D eigenvalue weighted by Crippen LogP contribution is 2.61. The topological polar surface area (TPSA) is 186 Å². The molecule has 1 aromatic rings. The minimum atomic E-state index is -0.555. The van der Waals surface area contributed by atoms with Gasteiger partial charge in [-0.05, 0) is 138 Å². The lowest BCUT2D eigenvalue weighted by atomic mass is 9.69.